The molecular formula is C18H22N2O3. The summed E-state index contributed by atoms with van der Waals surface area (Å²) >= 11 is 0. The van der Waals surface area contributed by atoms with E-state index in [2.05, 4.69) is 0 Å². The van der Waals surface area contributed by atoms with E-state index in [-0.39, 0.29) is 11.6 Å². The van der Waals surface area contributed by atoms with Gasteiger partial charge in [0.1, 0.15) is 0 Å². The van der Waals surface area contributed by atoms with Crippen molar-refractivity contribution in [3.05, 3.63) is 46.0 Å². The molecule has 1 aromatic rings. The van der Waals surface area contributed by atoms with Crippen molar-refractivity contribution in [2.24, 2.45) is 11.8 Å². The van der Waals surface area contributed by atoms with Crippen molar-refractivity contribution in [2.45, 2.75) is 32.1 Å². The lowest BCUT2D eigenvalue weighted by Gasteiger charge is -2.41. The molecule has 1 aromatic carbocycles. The molecule has 122 valence electrons. The molecule has 0 aromatic heterocycles. The number of nitrogens with zero attached hydrogens (tertiary/aromatic N) is 2. The summed E-state index contributed by atoms with van der Waals surface area (Å²) in [6.45, 7) is 1.64. The van der Waals surface area contributed by atoms with Gasteiger partial charge in [-0.2, -0.15) is 0 Å². The first-order valence-corrected chi connectivity index (χ1v) is 8.35. The number of rotatable bonds is 3. The molecule has 0 N–H and O–H groups in total. The molecule has 1 heterocycles. The van der Waals surface area contributed by atoms with Crippen molar-refractivity contribution in [3.8, 4) is 0 Å². The van der Waals surface area contributed by atoms with Gasteiger partial charge in [0.25, 0.3) is 5.69 Å². The second-order valence-electron chi connectivity index (χ2n) is 6.53. The van der Waals surface area contributed by atoms with Crippen LogP contribution in [0.4, 0.5) is 5.69 Å². The van der Waals surface area contributed by atoms with E-state index < -0.39 is 4.92 Å². The highest BCUT2D eigenvalue weighted by Gasteiger charge is 2.32. The van der Waals surface area contributed by atoms with Crippen molar-refractivity contribution in [1.29, 1.82) is 0 Å². The van der Waals surface area contributed by atoms with Crippen LogP contribution in [0.5, 0.6) is 0 Å². The van der Waals surface area contributed by atoms with Gasteiger partial charge in [-0.15, -0.1) is 0 Å². The third kappa shape index (κ3) is 3.60. The molecule has 0 bridgehead atoms. The number of carbonyl (C=O) groups excluding carboxylic acids is 1. The summed E-state index contributed by atoms with van der Waals surface area (Å²) in [5.41, 5.74) is 0.501. The first-order valence-electron chi connectivity index (χ1n) is 8.35. The van der Waals surface area contributed by atoms with E-state index in [1.54, 1.807) is 24.3 Å². The molecule has 2 fully saturated rings. The Bertz CT molecular complexity index is 626. The number of hydrogen-bond acceptors (Lipinski definition) is 3. The van der Waals surface area contributed by atoms with Gasteiger partial charge >= 0.3 is 0 Å². The summed E-state index contributed by atoms with van der Waals surface area (Å²) in [5.74, 6) is 1.39. The molecule has 1 saturated carbocycles. The highest BCUT2D eigenvalue weighted by molar-refractivity contribution is 5.92. The minimum atomic E-state index is -0.419. The zero-order valence-corrected chi connectivity index (χ0v) is 13.2. The van der Waals surface area contributed by atoms with Crippen LogP contribution in [0, 0.1) is 22.0 Å². The van der Waals surface area contributed by atoms with Crippen LogP contribution < -0.4 is 0 Å². The van der Waals surface area contributed by atoms with Crippen LogP contribution in [0.2, 0.25) is 0 Å². The van der Waals surface area contributed by atoms with Crippen molar-refractivity contribution in [3.63, 3.8) is 0 Å². The number of carbonyl (C=O) groups is 1. The topological polar surface area (TPSA) is 63.4 Å². The Balaban J connectivity index is 1.66. The predicted octanol–water partition coefficient (Wildman–Crippen LogP) is 3.65. The summed E-state index contributed by atoms with van der Waals surface area (Å²) in [5, 5.41) is 11.0. The molecule has 0 unspecified atom stereocenters. The highest BCUT2D eigenvalue weighted by atomic mass is 16.6. The Morgan fingerprint density at radius 2 is 1.91 bits per heavy atom. The van der Waals surface area contributed by atoms with E-state index in [1.165, 1.54) is 37.8 Å². The maximum absolute atomic E-state index is 12.4. The van der Waals surface area contributed by atoms with Crippen LogP contribution in [-0.4, -0.2) is 28.8 Å². The van der Waals surface area contributed by atoms with E-state index in [9.17, 15) is 14.9 Å². The van der Waals surface area contributed by atoms with Gasteiger partial charge in [0.05, 0.1) is 10.5 Å². The van der Waals surface area contributed by atoms with Gasteiger partial charge in [-0.25, -0.2) is 0 Å². The van der Waals surface area contributed by atoms with Gasteiger partial charge in [0.15, 0.2) is 0 Å². The minimum absolute atomic E-state index is 0.0301. The van der Waals surface area contributed by atoms with Gasteiger partial charge in [0, 0.05) is 25.2 Å². The maximum Gasteiger partial charge on any atom is 0.276 e. The first kappa shape index (κ1) is 15.7. The van der Waals surface area contributed by atoms with Crippen LogP contribution in [0.15, 0.2) is 30.3 Å². The lowest BCUT2D eigenvalue weighted by atomic mass is 9.75. The van der Waals surface area contributed by atoms with Crippen LogP contribution in [0.3, 0.4) is 0 Å². The summed E-state index contributed by atoms with van der Waals surface area (Å²) < 4.78 is 0. The van der Waals surface area contributed by atoms with Gasteiger partial charge < -0.3 is 4.90 Å². The molecule has 0 radical (unpaired) electrons. The highest BCUT2D eigenvalue weighted by Crippen LogP contribution is 2.36. The van der Waals surface area contributed by atoms with Gasteiger partial charge in [-0.3, -0.25) is 14.9 Å². The predicted molar refractivity (Wildman–Crippen MR) is 88.8 cm³/mol. The Kier molecular flexibility index (Phi) is 4.74. The number of nitro benzene ring substituents is 1. The fourth-order valence-corrected chi connectivity index (χ4v) is 3.86. The summed E-state index contributed by atoms with van der Waals surface area (Å²) in [6, 6.07) is 6.49. The molecule has 1 saturated heterocycles. The Morgan fingerprint density at radius 3 is 2.70 bits per heavy atom. The van der Waals surface area contributed by atoms with Crippen molar-refractivity contribution >= 4 is 17.7 Å². The molecule has 5 heteroatoms. The fraction of sp³-hybridized carbons (Fsp3) is 0.500. The average Bonchev–Trinajstić information content (AvgIpc) is 2.59. The molecular weight excluding hydrogens is 292 g/mol. The molecule has 1 aliphatic heterocycles. The van der Waals surface area contributed by atoms with Gasteiger partial charge in [-0.05, 0) is 36.8 Å². The Hall–Kier alpha value is -2.17. The molecule has 3 rings (SSSR count). The molecule has 23 heavy (non-hydrogen) atoms. The number of para-hydroxylation sites is 1. The summed E-state index contributed by atoms with van der Waals surface area (Å²) in [4.78, 5) is 24.9. The SMILES string of the molecule is O=C(/C=C/c1ccccc1[N+](=O)[O-])N1CC[C@H]2CCCC[C@@H]2C1. The summed E-state index contributed by atoms with van der Waals surface area (Å²) in [7, 11) is 0. The van der Waals surface area contributed by atoms with Crippen molar-refractivity contribution in [1.82, 2.24) is 4.90 Å². The lowest BCUT2D eigenvalue weighted by Crippen LogP contribution is -2.44. The van der Waals surface area contributed by atoms with Crippen LogP contribution in [0.1, 0.15) is 37.7 Å². The largest absolute Gasteiger partial charge is 0.339 e. The van der Waals surface area contributed by atoms with Crippen LogP contribution in [-0.2, 0) is 4.79 Å². The number of amides is 1. The fourth-order valence-electron chi connectivity index (χ4n) is 3.86. The monoisotopic (exact) mass is 314 g/mol. The second-order valence-corrected chi connectivity index (χ2v) is 6.53. The zero-order valence-electron chi connectivity index (χ0n) is 13.2. The number of likely N-dealkylation sites (tertiary alicyclic amines) is 1. The number of benzene rings is 1. The smallest absolute Gasteiger partial charge is 0.276 e. The quantitative estimate of drug-likeness (QED) is 0.486. The molecule has 1 amide bonds. The zero-order chi connectivity index (χ0) is 16.2. The molecule has 2 atom stereocenters. The first-order chi connectivity index (χ1) is 11.1. The Labute approximate surface area is 136 Å². The Morgan fingerprint density at radius 1 is 1.17 bits per heavy atom. The molecule has 5 nitrogen and oxygen atoms in total. The molecule has 0 spiro atoms. The number of fused-ring (bicyclic) bond motifs is 1. The number of piperidine rings is 1. The third-order valence-electron chi connectivity index (χ3n) is 5.14. The lowest BCUT2D eigenvalue weighted by molar-refractivity contribution is -0.385. The van der Waals surface area contributed by atoms with Crippen LogP contribution in [0.25, 0.3) is 6.08 Å². The molecule has 1 aliphatic carbocycles. The average molecular weight is 314 g/mol. The van der Waals surface area contributed by atoms with Gasteiger partial charge in [-0.1, -0.05) is 31.4 Å². The van der Waals surface area contributed by atoms with Gasteiger partial charge in [0.2, 0.25) is 5.91 Å². The molecule has 2 aliphatic rings. The number of nitro groups is 1. The van der Waals surface area contributed by atoms with E-state index >= 15 is 0 Å². The third-order valence-corrected chi connectivity index (χ3v) is 5.14. The van der Waals surface area contributed by atoms with E-state index in [0.29, 0.717) is 11.5 Å². The van der Waals surface area contributed by atoms with Crippen LogP contribution >= 0.6 is 0 Å². The standard InChI is InChI=1S/C18H22N2O3/c21-18(10-9-15-6-3-4-8-17(15)20(22)23)19-12-11-14-5-1-2-7-16(14)13-19/h3-4,6,8-10,14,16H,1-2,5,7,11-13H2/b10-9+/t14-,16-/m1/s1. The van der Waals surface area contributed by atoms with E-state index in [0.717, 1.165) is 25.4 Å². The number of hydrogen-bond donors (Lipinski definition) is 0. The van der Waals surface area contributed by atoms with Crippen molar-refractivity contribution in [2.75, 3.05) is 13.1 Å². The maximum atomic E-state index is 12.4. The second kappa shape index (κ2) is 6.94. The minimum Gasteiger partial charge on any atom is -0.339 e. The van der Waals surface area contributed by atoms with Crippen molar-refractivity contribution < 1.29 is 9.72 Å². The normalized spacial score (nSPS) is 24.4. The van der Waals surface area contributed by atoms with E-state index in [4.69, 9.17) is 0 Å². The summed E-state index contributed by atoms with van der Waals surface area (Å²) in [6.07, 6.45) is 9.26. The van der Waals surface area contributed by atoms with E-state index in [1.807, 2.05) is 4.90 Å².